The van der Waals surface area contributed by atoms with Crippen LogP contribution in [-0.4, -0.2) is 6.61 Å². The van der Waals surface area contributed by atoms with Crippen molar-refractivity contribution in [2.45, 2.75) is 6.92 Å². The first kappa shape index (κ1) is 5.70. The highest BCUT2D eigenvalue weighted by molar-refractivity contribution is 4.87. The molecule has 0 unspecified atom stereocenters. The maximum Gasteiger partial charge on any atom is 0.116 e. The fourth-order valence-corrected chi connectivity index (χ4v) is 0.142. The molecule has 0 spiro atoms. The Balaban J connectivity index is 2.83. The van der Waals surface area contributed by atoms with E-state index >= 15 is 0 Å². The van der Waals surface area contributed by atoms with E-state index in [0.717, 1.165) is 5.57 Å². The van der Waals surface area contributed by atoms with E-state index in [1.165, 1.54) is 0 Å². The summed E-state index contributed by atoms with van der Waals surface area (Å²) < 4.78 is 4.20. The predicted octanol–water partition coefficient (Wildman–Crippen LogP) is 1.25. The lowest BCUT2D eigenvalue weighted by Gasteiger charge is -1.89. The fraction of sp³-hybridized carbons (Fsp3) is 0.400. The van der Waals surface area contributed by atoms with Crippen LogP contribution < -0.4 is 0 Å². The molecule has 0 saturated carbocycles. The van der Waals surface area contributed by atoms with Crippen LogP contribution in [0.5, 0.6) is 0 Å². The van der Waals surface area contributed by atoms with Crippen LogP contribution in [-0.2, 0) is 4.74 Å². The lowest BCUT2D eigenvalue weighted by Crippen LogP contribution is -1.83. The molecule has 0 aromatic carbocycles. The zero-order valence-corrected chi connectivity index (χ0v) is 3.90. The SMILES string of the molecule is [CH]OCC(=C)C. The minimum Gasteiger partial charge on any atom is -0.368 e. The molecule has 0 aliphatic heterocycles. The maximum atomic E-state index is 4.67. The van der Waals surface area contributed by atoms with E-state index < -0.39 is 0 Å². The molecule has 0 bridgehead atoms. The smallest absolute Gasteiger partial charge is 0.116 e. The summed E-state index contributed by atoms with van der Waals surface area (Å²) in [6.45, 7) is 5.85. The van der Waals surface area contributed by atoms with Gasteiger partial charge in [-0.3, -0.25) is 0 Å². The van der Waals surface area contributed by atoms with Gasteiger partial charge >= 0.3 is 0 Å². The highest BCUT2D eigenvalue weighted by Gasteiger charge is 1.75. The van der Waals surface area contributed by atoms with Gasteiger partial charge in [0.15, 0.2) is 0 Å². The van der Waals surface area contributed by atoms with E-state index in [-0.39, 0.29) is 0 Å². The van der Waals surface area contributed by atoms with Crippen LogP contribution in [0.15, 0.2) is 12.2 Å². The zero-order valence-electron chi connectivity index (χ0n) is 3.90. The van der Waals surface area contributed by atoms with Crippen LogP contribution in [0.4, 0.5) is 0 Å². The summed E-state index contributed by atoms with van der Waals surface area (Å²) in [5, 5.41) is 0. The van der Waals surface area contributed by atoms with Gasteiger partial charge in [0.2, 0.25) is 0 Å². The Morgan fingerprint density at radius 2 is 2.50 bits per heavy atom. The van der Waals surface area contributed by atoms with Gasteiger partial charge < -0.3 is 4.74 Å². The summed E-state index contributed by atoms with van der Waals surface area (Å²) >= 11 is 0. The van der Waals surface area contributed by atoms with Gasteiger partial charge in [-0.25, -0.2) is 0 Å². The first-order chi connectivity index (χ1) is 2.77. The molecule has 0 fully saturated rings. The summed E-state index contributed by atoms with van der Waals surface area (Å²) in [6.07, 6.45) is 0. The second kappa shape index (κ2) is 2.91. The largest absolute Gasteiger partial charge is 0.368 e. The van der Waals surface area contributed by atoms with Gasteiger partial charge in [0.05, 0.1) is 6.61 Å². The van der Waals surface area contributed by atoms with Gasteiger partial charge in [0, 0.05) is 0 Å². The quantitative estimate of drug-likeness (QED) is 0.457. The molecule has 0 rings (SSSR count). The van der Waals surface area contributed by atoms with Crippen molar-refractivity contribution in [3.63, 3.8) is 0 Å². The van der Waals surface area contributed by atoms with Gasteiger partial charge in [-0.05, 0) is 6.92 Å². The molecule has 1 heteroatoms. The van der Waals surface area contributed by atoms with Crippen molar-refractivity contribution in [3.8, 4) is 0 Å². The third-order valence-electron chi connectivity index (χ3n) is 0.330. The lowest BCUT2D eigenvalue weighted by molar-refractivity contribution is 0.273. The van der Waals surface area contributed by atoms with E-state index in [2.05, 4.69) is 18.4 Å². The summed E-state index contributed by atoms with van der Waals surface area (Å²) in [7, 11) is 4.67. The van der Waals surface area contributed by atoms with Crippen LogP contribution in [0.25, 0.3) is 0 Å². The Morgan fingerprint density at radius 1 is 2.00 bits per heavy atom. The van der Waals surface area contributed by atoms with Crippen LogP contribution in [0.1, 0.15) is 6.92 Å². The molecule has 34 valence electrons. The molecular weight excluding hydrogens is 76.1 g/mol. The van der Waals surface area contributed by atoms with E-state index in [9.17, 15) is 0 Å². The predicted molar refractivity (Wildman–Crippen MR) is 25.1 cm³/mol. The van der Waals surface area contributed by atoms with Gasteiger partial charge in [-0.15, -0.1) is 0 Å². The summed E-state index contributed by atoms with van der Waals surface area (Å²) in [6, 6.07) is 0. The van der Waals surface area contributed by atoms with E-state index in [0.29, 0.717) is 6.61 Å². The molecule has 0 heterocycles. The summed E-state index contributed by atoms with van der Waals surface area (Å²) in [4.78, 5) is 0. The molecule has 0 saturated heterocycles. The molecule has 0 N–H and O–H groups in total. The summed E-state index contributed by atoms with van der Waals surface area (Å²) in [5.74, 6) is 0. The molecule has 0 atom stereocenters. The van der Waals surface area contributed by atoms with Crippen molar-refractivity contribution in [1.29, 1.82) is 0 Å². The minimum atomic E-state index is 0.458. The Bertz CT molecular complexity index is 47.9. The third kappa shape index (κ3) is 3.70. The number of ether oxygens (including phenoxy) is 1. The zero-order chi connectivity index (χ0) is 4.99. The molecule has 1 nitrogen and oxygen atoms in total. The first-order valence-corrected chi connectivity index (χ1v) is 1.73. The number of hydrogen-bond donors (Lipinski definition) is 0. The maximum absolute atomic E-state index is 4.67. The van der Waals surface area contributed by atoms with Crippen molar-refractivity contribution in [1.82, 2.24) is 0 Å². The Morgan fingerprint density at radius 3 is 2.50 bits per heavy atom. The Kier molecular flexibility index (Phi) is 2.77. The monoisotopic (exact) mass is 84.1 g/mol. The van der Waals surface area contributed by atoms with E-state index in [4.69, 9.17) is 0 Å². The van der Waals surface area contributed by atoms with Crippen molar-refractivity contribution in [2.75, 3.05) is 6.61 Å². The lowest BCUT2D eigenvalue weighted by atomic mass is 10.4. The average Bonchev–Trinajstić information content (AvgIpc) is 1.35. The average molecular weight is 84.1 g/mol. The number of rotatable bonds is 2. The molecular formula is C5H8O. The third-order valence-corrected chi connectivity index (χ3v) is 0.330. The van der Waals surface area contributed by atoms with Gasteiger partial charge in [-0.1, -0.05) is 12.2 Å². The van der Waals surface area contributed by atoms with Crippen LogP contribution in [0.3, 0.4) is 0 Å². The first-order valence-electron chi connectivity index (χ1n) is 1.73. The fourth-order valence-electron chi connectivity index (χ4n) is 0.142. The van der Waals surface area contributed by atoms with E-state index in [1.807, 2.05) is 6.92 Å². The highest BCUT2D eigenvalue weighted by atomic mass is 16.5. The van der Waals surface area contributed by atoms with Crippen molar-refractivity contribution in [3.05, 3.63) is 19.3 Å². The van der Waals surface area contributed by atoms with Gasteiger partial charge in [0.1, 0.15) is 7.11 Å². The summed E-state index contributed by atoms with van der Waals surface area (Å²) in [5.41, 5.74) is 0.942. The molecule has 0 aliphatic carbocycles. The topological polar surface area (TPSA) is 9.23 Å². The van der Waals surface area contributed by atoms with Crippen molar-refractivity contribution < 1.29 is 4.74 Å². The van der Waals surface area contributed by atoms with Gasteiger partial charge in [0.25, 0.3) is 0 Å². The number of hydrogen-bond acceptors (Lipinski definition) is 1. The van der Waals surface area contributed by atoms with Crippen LogP contribution in [0.2, 0.25) is 0 Å². The Hall–Kier alpha value is -0.300. The second-order valence-corrected chi connectivity index (χ2v) is 1.27. The minimum absolute atomic E-state index is 0.458. The van der Waals surface area contributed by atoms with Crippen LogP contribution >= 0.6 is 0 Å². The van der Waals surface area contributed by atoms with Crippen molar-refractivity contribution >= 4 is 0 Å². The molecule has 6 heavy (non-hydrogen) atoms. The van der Waals surface area contributed by atoms with Crippen LogP contribution in [0, 0.1) is 7.11 Å². The highest BCUT2D eigenvalue weighted by Crippen LogP contribution is 1.83. The second-order valence-electron chi connectivity index (χ2n) is 1.27. The molecule has 0 aliphatic rings. The van der Waals surface area contributed by atoms with Gasteiger partial charge in [-0.2, -0.15) is 0 Å². The molecule has 2 radical (unpaired) electrons. The van der Waals surface area contributed by atoms with E-state index in [1.54, 1.807) is 0 Å². The molecule has 0 aromatic heterocycles. The normalized spacial score (nSPS) is 8.33. The Labute approximate surface area is 38.6 Å². The molecule has 0 amide bonds. The van der Waals surface area contributed by atoms with Crippen molar-refractivity contribution in [2.24, 2.45) is 0 Å². The standard InChI is InChI=1S/C5H8O/c1-5(2)4-6-3/h3H,1,4H2,2H3. The molecule has 0 aromatic rings.